The summed E-state index contributed by atoms with van der Waals surface area (Å²) in [4.78, 5) is 30.3. The summed E-state index contributed by atoms with van der Waals surface area (Å²) in [6.07, 6.45) is 1.34. The highest BCUT2D eigenvalue weighted by molar-refractivity contribution is 9.10. The van der Waals surface area contributed by atoms with Crippen LogP contribution >= 0.6 is 15.9 Å². The van der Waals surface area contributed by atoms with Gasteiger partial charge in [0.1, 0.15) is 4.60 Å². The molecule has 0 spiro atoms. The molecule has 0 amide bonds. The van der Waals surface area contributed by atoms with Crippen LogP contribution in [-0.2, 0) is 0 Å². The molecule has 2 aromatic rings. The molecule has 0 radical (unpaired) electrons. The Hall–Kier alpha value is -2.89. The number of aromatic nitrogens is 2. The van der Waals surface area contributed by atoms with Crippen LogP contribution in [0.15, 0.2) is 22.9 Å². The molecule has 0 fully saturated rings. The van der Waals surface area contributed by atoms with Crippen molar-refractivity contribution in [1.29, 1.82) is 0 Å². The number of nitrogens with zero attached hydrogens (tertiary/aromatic N) is 5. The molecule has 1 aromatic heterocycles. The first-order valence-electron chi connectivity index (χ1n) is 5.55. The van der Waals surface area contributed by atoms with Gasteiger partial charge < -0.3 is 0 Å². The summed E-state index contributed by atoms with van der Waals surface area (Å²) in [5.41, 5.74) is -2.17. The largest absolute Gasteiger partial charge is 0.308 e. The molecule has 12 heteroatoms. The predicted molar refractivity (Wildman–Crippen MR) is 76.0 cm³/mol. The highest BCUT2D eigenvalue weighted by Gasteiger charge is 2.32. The van der Waals surface area contributed by atoms with Gasteiger partial charge in [-0.15, -0.1) is 0 Å². The van der Waals surface area contributed by atoms with Crippen molar-refractivity contribution in [2.45, 2.75) is 6.92 Å². The molecule has 0 atom stereocenters. The van der Waals surface area contributed by atoms with Crippen LogP contribution in [0, 0.1) is 37.3 Å². The molecule has 0 saturated carbocycles. The number of hydrogen-bond donors (Lipinski definition) is 0. The lowest BCUT2D eigenvalue weighted by atomic mass is 10.2. The first kappa shape index (κ1) is 15.5. The molecule has 0 saturated heterocycles. The van der Waals surface area contributed by atoms with Crippen LogP contribution < -0.4 is 0 Å². The summed E-state index contributed by atoms with van der Waals surface area (Å²) >= 11 is 3.09. The molecule has 1 heterocycles. The number of non-ortho nitro benzene ring substituents is 1. The van der Waals surface area contributed by atoms with Crippen molar-refractivity contribution in [3.05, 3.63) is 58.8 Å². The van der Waals surface area contributed by atoms with Crippen molar-refractivity contribution >= 4 is 33.0 Å². The van der Waals surface area contributed by atoms with Crippen LogP contribution in [0.4, 0.5) is 17.1 Å². The number of benzene rings is 1. The van der Waals surface area contributed by atoms with Gasteiger partial charge in [-0.3, -0.25) is 30.3 Å². The Morgan fingerprint density at radius 1 is 1.05 bits per heavy atom. The van der Waals surface area contributed by atoms with Crippen LogP contribution in [-0.4, -0.2) is 24.6 Å². The monoisotopic (exact) mass is 371 g/mol. The molecule has 22 heavy (non-hydrogen) atoms. The van der Waals surface area contributed by atoms with Gasteiger partial charge in [0, 0.05) is 11.8 Å². The van der Waals surface area contributed by atoms with Gasteiger partial charge in [0.05, 0.1) is 26.9 Å². The topological polar surface area (TPSA) is 147 Å². The highest BCUT2D eigenvalue weighted by Crippen LogP contribution is 2.36. The van der Waals surface area contributed by atoms with Crippen molar-refractivity contribution < 1.29 is 14.8 Å². The maximum atomic E-state index is 11.1. The van der Waals surface area contributed by atoms with Gasteiger partial charge in [-0.1, -0.05) is 0 Å². The zero-order valence-corrected chi connectivity index (χ0v) is 12.4. The van der Waals surface area contributed by atoms with Gasteiger partial charge in [-0.05, 0) is 22.9 Å². The molecule has 2 rings (SSSR count). The van der Waals surface area contributed by atoms with Crippen LogP contribution in [0.25, 0.3) is 5.69 Å². The summed E-state index contributed by atoms with van der Waals surface area (Å²) in [7, 11) is 0. The van der Waals surface area contributed by atoms with E-state index in [1.54, 1.807) is 6.92 Å². The van der Waals surface area contributed by atoms with Gasteiger partial charge in [0.15, 0.2) is 0 Å². The van der Waals surface area contributed by atoms with Crippen LogP contribution in [0.3, 0.4) is 0 Å². The van der Waals surface area contributed by atoms with E-state index in [1.807, 2.05) is 0 Å². The number of rotatable bonds is 4. The van der Waals surface area contributed by atoms with Gasteiger partial charge in [0.2, 0.25) is 5.69 Å². The SMILES string of the molecule is Cc1cn(-c2c([N+](=O)[O-])cc([N+](=O)[O-])cc2[N+](=O)[O-])nc1Br. The summed E-state index contributed by atoms with van der Waals surface area (Å²) in [5, 5.41) is 37.0. The normalized spacial score (nSPS) is 10.5. The lowest BCUT2D eigenvalue weighted by molar-refractivity contribution is -0.402. The van der Waals surface area contributed by atoms with Crippen molar-refractivity contribution in [2.75, 3.05) is 0 Å². The minimum atomic E-state index is -0.936. The maximum Gasteiger partial charge on any atom is 0.308 e. The maximum absolute atomic E-state index is 11.1. The smallest absolute Gasteiger partial charge is 0.258 e. The minimum Gasteiger partial charge on any atom is -0.258 e. The number of halogens is 1. The van der Waals surface area contributed by atoms with Crippen LogP contribution in [0.2, 0.25) is 0 Å². The molecule has 114 valence electrons. The fraction of sp³-hybridized carbons (Fsp3) is 0.100. The standard InChI is InChI=1S/C10H6BrN5O6/c1-5-4-13(12-10(5)11)9-7(15(19)20)2-6(14(17)18)3-8(9)16(21)22/h2-4H,1H3. The Morgan fingerprint density at radius 3 is 1.86 bits per heavy atom. The second kappa shape index (κ2) is 5.48. The van der Waals surface area contributed by atoms with E-state index in [2.05, 4.69) is 21.0 Å². The Kier molecular flexibility index (Phi) is 3.86. The Balaban J connectivity index is 2.88. The first-order chi connectivity index (χ1) is 10.2. The second-order valence-electron chi connectivity index (χ2n) is 4.15. The van der Waals surface area contributed by atoms with Gasteiger partial charge in [0.25, 0.3) is 5.69 Å². The molecule has 0 aliphatic heterocycles. The molecule has 1 aromatic carbocycles. The van der Waals surface area contributed by atoms with E-state index in [0.717, 1.165) is 4.68 Å². The zero-order chi connectivity index (χ0) is 16.6. The summed E-state index contributed by atoms with van der Waals surface area (Å²) in [6, 6.07) is 1.32. The van der Waals surface area contributed by atoms with Crippen molar-refractivity contribution in [2.24, 2.45) is 0 Å². The number of nitro groups is 3. The van der Waals surface area contributed by atoms with Crippen molar-refractivity contribution in [3.8, 4) is 5.69 Å². The second-order valence-corrected chi connectivity index (χ2v) is 4.90. The molecule has 0 aliphatic rings. The van der Waals surface area contributed by atoms with Crippen molar-refractivity contribution in [3.63, 3.8) is 0 Å². The summed E-state index contributed by atoms with van der Waals surface area (Å²) in [5.74, 6) is 0. The lowest BCUT2D eigenvalue weighted by Crippen LogP contribution is -2.06. The Labute approximate surface area is 129 Å². The molecule has 0 N–H and O–H groups in total. The zero-order valence-electron chi connectivity index (χ0n) is 10.8. The molecule has 0 unspecified atom stereocenters. The highest BCUT2D eigenvalue weighted by atomic mass is 79.9. The molecular weight excluding hydrogens is 366 g/mol. The molecule has 0 aliphatic carbocycles. The van der Waals surface area contributed by atoms with Crippen LogP contribution in [0.5, 0.6) is 0 Å². The third kappa shape index (κ3) is 2.63. The number of nitro benzene ring substituents is 3. The van der Waals surface area contributed by atoms with E-state index in [-0.39, 0.29) is 0 Å². The van der Waals surface area contributed by atoms with E-state index < -0.39 is 37.5 Å². The fourth-order valence-corrected chi connectivity index (χ4v) is 2.04. The molecular formula is C10H6BrN5O6. The number of hydrogen-bond acceptors (Lipinski definition) is 7. The van der Waals surface area contributed by atoms with Gasteiger partial charge in [-0.2, -0.15) is 5.10 Å². The molecule has 11 nitrogen and oxygen atoms in total. The average molecular weight is 372 g/mol. The van der Waals surface area contributed by atoms with Crippen molar-refractivity contribution in [1.82, 2.24) is 9.78 Å². The Bertz CT molecular complexity index is 762. The quantitative estimate of drug-likeness (QED) is 0.592. The van der Waals surface area contributed by atoms with Gasteiger partial charge in [-0.25, -0.2) is 4.68 Å². The number of aryl methyl sites for hydroxylation is 1. The van der Waals surface area contributed by atoms with Gasteiger partial charge >= 0.3 is 11.4 Å². The van der Waals surface area contributed by atoms with E-state index in [1.165, 1.54) is 6.20 Å². The van der Waals surface area contributed by atoms with E-state index in [4.69, 9.17) is 0 Å². The minimum absolute atomic E-state index is 0.342. The molecule has 0 bridgehead atoms. The predicted octanol–water partition coefficient (Wildman–Crippen LogP) is 2.67. The Morgan fingerprint density at radius 2 is 1.55 bits per heavy atom. The van der Waals surface area contributed by atoms with E-state index in [9.17, 15) is 30.3 Å². The van der Waals surface area contributed by atoms with E-state index >= 15 is 0 Å². The first-order valence-corrected chi connectivity index (χ1v) is 6.35. The fourth-order valence-electron chi connectivity index (χ4n) is 1.76. The third-order valence-corrected chi connectivity index (χ3v) is 3.51. The lowest BCUT2D eigenvalue weighted by Gasteiger charge is -2.04. The summed E-state index contributed by atoms with van der Waals surface area (Å²) < 4.78 is 1.29. The average Bonchev–Trinajstić information content (AvgIpc) is 2.76. The van der Waals surface area contributed by atoms with Crippen LogP contribution in [0.1, 0.15) is 5.56 Å². The summed E-state index contributed by atoms with van der Waals surface area (Å²) in [6.45, 7) is 1.64. The van der Waals surface area contributed by atoms with E-state index in [0.29, 0.717) is 22.3 Å². The third-order valence-electron chi connectivity index (χ3n) is 2.72.